The molecule has 0 aliphatic rings. The van der Waals surface area contributed by atoms with Gasteiger partial charge in [0.1, 0.15) is 6.04 Å². The SMILES string of the molecule is CC[C@H](C)NC(=O)[C@H](Cc1ccccc1)N(Cc1ccc(Cl)cc1)C(=O)CCCN(c1cccc(C(F)(F)F)c1)S(C)(=O)=O. The summed E-state index contributed by atoms with van der Waals surface area (Å²) in [4.78, 5) is 29.0. The number of nitrogens with one attached hydrogen (secondary N) is 1. The molecule has 0 aromatic heterocycles. The molecule has 2 amide bonds. The van der Waals surface area contributed by atoms with Gasteiger partial charge in [-0.3, -0.25) is 13.9 Å². The highest BCUT2D eigenvalue weighted by molar-refractivity contribution is 7.92. The number of rotatable bonds is 14. The van der Waals surface area contributed by atoms with Crippen molar-refractivity contribution in [3.63, 3.8) is 0 Å². The second kappa shape index (κ2) is 15.4. The van der Waals surface area contributed by atoms with Crippen molar-refractivity contribution in [3.05, 3.63) is 101 Å². The van der Waals surface area contributed by atoms with E-state index in [0.29, 0.717) is 11.4 Å². The van der Waals surface area contributed by atoms with Crippen LogP contribution in [0.25, 0.3) is 0 Å². The van der Waals surface area contributed by atoms with E-state index in [1.807, 2.05) is 44.2 Å². The van der Waals surface area contributed by atoms with E-state index in [1.54, 1.807) is 24.3 Å². The maximum absolute atomic E-state index is 13.9. The predicted molar refractivity (Wildman–Crippen MR) is 167 cm³/mol. The molecule has 3 aromatic rings. The Hall–Kier alpha value is -3.57. The lowest BCUT2D eigenvalue weighted by Crippen LogP contribution is -2.52. The Labute approximate surface area is 262 Å². The van der Waals surface area contributed by atoms with Gasteiger partial charge in [0, 0.05) is 37.0 Å². The second-order valence-corrected chi connectivity index (χ2v) is 13.0. The highest BCUT2D eigenvalue weighted by Crippen LogP contribution is 2.32. The van der Waals surface area contributed by atoms with E-state index < -0.39 is 33.7 Å². The van der Waals surface area contributed by atoms with Gasteiger partial charge in [-0.2, -0.15) is 13.2 Å². The fraction of sp³-hybridized carbons (Fsp3) is 0.375. The molecule has 0 radical (unpaired) electrons. The van der Waals surface area contributed by atoms with Crippen LogP contribution in [0.3, 0.4) is 0 Å². The van der Waals surface area contributed by atoms with Gasteiger partial charge in [0.2, 0.25) is 21.8 Å². The molecular weight excluding hydrogens is 615 g/mol. The van der Waals surface area contributed by atoms with Crippen LogP contribution >= 0.6 is 11.6 Å². The first-order chi connectivity index (χ1) is 20.7. The molecule has 12 heteroatoms. The van der Waals surface area contributed by atoms with Crippen molar-refractivity contribution in [2.75, 3.05) is 17.1 Å². The number of anilines is 1. The normalized spacial score (nSPS) is 13.2. The highest BCUT2D eigenvalue weighted by Gasteiger charge is 2.33. The summed E-state index contributed by atoms with van der Waals surface area (Å²) in [7, 11) is -3.97. The number of nitrogens with zero attached hydrogens (tertiary/aromatic N) is 2. The Bertz CT molecular complexity index is 1500. The van der Waals surface area contributed by atoms with Crippen molar-refractivity contribution in [3.8, 4) is 0 Å². The lowest BCUT2D eigenvalue weighted by molar-refractivity contribution is -0.141. The van der Waals surface area contributed by atoms with E-state index in [-0.39, 0.29) is 50.0 Å². The molecule has 0 unspecified atom stereocenters. The topological polar surface area (TPSA) is 86.8 Å². The van der Waals surface area contributed by atoms with E-state index in [4.69, 9.17) is 11.6 Å². The van der Waals surface area contributed by atoms with E-state index in [9.17, 15) is 31.2 Å². The number of carbonyl (C=O) groups excluding carboxylic acids is 2. The third kappa shape index (κ3) is 10.3. The molecule has 0 aliphatic heterocycles. The van der Waals surface area contributed by atoms with Crippen molar-refractivity contribution in [2.45, 2.75) is 64.3 Å². The van der Waals surface area contributed by atoms with Gasteiger partial charge in [0.05, 0.1) is 17.5 Å². The monoisotopic (exact) mass is 651 g/mol. The lowest BCUT2D eigenvalue weighted by atomic mass is 10.0. The number of amides is 2. The van der Waals surface area contributed by atoms with Crippen LogP contribution in [0.2, 0.25) is 5.02 Å². The van der Waals surface area contributed by atoms with Crippen molar-refractivity contribution >= 4 is 39.1 Å². The third-order valence-electron chi connectivity index (χ3n) is 7.15. The van der Waals surface area contributed by atoms with Gasteiger partial charge >= 0.3 is 6.18 Å². The second-order valence-electron chi connectivity index (χ2n) is 10.7. The summed E-state index contributed by atoms with van der Waals surface area (Å²) in [6.45, 7) is 3.66. The molecule has 0 fully saturated rings. The number of carbonyl (C=O) groups is 2. The first-order valence-electron chi connectivity index (χ1n) is 14.2. The zero-order chi connectivity index (χ0) is 32.5. The van der Waals surface area contributed by atoms with Crippen LogP contribution in [-0.2, 0) is 38.8 Å². The predicted octanol–water partition coefficient (Wildman–Crippen LogP) is 6.46. The van der Waals surface area contributed by atoms with Gasteiger partial charge in [-0.05, 0) is 61.2 Å². The van der Waals surface area contributed by atoms with E-state index >= 15 is 0 Å². The Morgan fingerprint density at radius 3 is 2.20 bits per heavy atom. The average Bonchev–Trinajstić information content (AvgIpc) is 2.97. The molecule has 0 saturated heterocycles. The fourth-order valence-electron chi connectivity index (χ4n) is 4.62. The number of halogens is 4. The summed E-state index contributed by atoms with van der Waals surface area (Å²) in [6, 6.07) is 19.2. The van der Waals surface area contributed by atoms with Crippen molar-refractivity contribution in [2.24, 2.45) is 0 Å². The molecule has 3 aromatic carbocycles. The molecule has 3 rings (SSSR count). The molecule has 0 spiro atoms. The van der Waals surface area contributed by atoms with Crippen molar-refractivity contribution in [1.82, 2.24) is 10.2 Å². The van der Waals surface area contributed by atoms with Crippen LogP contribution in [0.5, 0.6) is 0 Å². The quantitative estimate of drug-likeness (QED) is 0.217. The summed E-state index contributed by atoms with van der Waals surface area (Å²) >= 11 is 6.06. The zero-order valence-corrected chi connectivity index (χ0v) is 26.4. The van der Waals surface area contributed by atoms with Crippen LogP contribution < -0.4 is 9.62 Å². The van der Waals surface area contributed by atoms with Gasteiger partial charge in [-0.25, -0.2) is 8.42 Å². The Morgan fingerprint density at radius 1 is 0.955 bits per heavy atom. The third-order valence-corrected chi connectivity index (χ3v) is 8.60. The van der Waals surface area contributed by atoms with Crippen LogP contribution in [0.15, 0.2) is 78.9 Å². The maximum Gasteiger partial charge on any atom is 0.416 e. The van der Waals surface area contributed by atoms with E-state index in [0.717, 1.165) is 39.9 Å². The van der Waals surface area contributed by atoms with Crippen LogP contribution in [0.1, 0.15) is 49.8 Å². The Morgan fingerprint density at radius 2 is 1.61 bits per heavy atom. The zero-order valence-electron chi connectivity index (χ0n) is 24.9. The van der Waals surface area contributed by atoms with Gasteiger partial charge in [-0.1, -0.05) is 67.1 Å². The number of hydrogen-bond acceptors (Lipinski definition) is 4. The Balaban J connectivity index is 1.90. The number of alkyl halides is 3. The molecule has 0 saturated carbocycles. The minimum Gasteiger partial charge on any atom is -0.352 e. The molecule has 0 heterocycles. The van der Waals surface area contributed by atoms with Crippen molar-refractivity contribution < 1.29 is 31.2 Å². The molecule has 238 valence electrons. The molecule has 44 heavy (non-hydrogen) atoms. The van der Waals surface area contributed by atoms with E-state index in [2.05, 4.69) is 5.32 Å². The van der Waals surface area contributed by atoms with Crippen molar-refractivity contribution in [1.29, 1.82) is 0 Å². The first kappa shape index (κ1) is 34.9. The minimum absolute atomic E-state index is 0.00427. The summed E-state index contributed by atoms with van der Waals surface area (Å²) in [5.41, 5.74) is 0.449. The van der Waals surface area contributed by atoms with Gasteiger partial charge in [-0.15, -0.1) is 0 Å². The van der Waals surface area contributed by atoms with Gasteiger partial charge in [0.25, 0.3) is 0 Å². The van der Waals surface area contributed by atoms with Crippen LogP contribution in [0, 0.1) is 0 Å². The molecule has 0 bridgehead atoms. The summed E-state index contributed by atoms with van der Waals surface area (Å²) < 4.78 is 66.0. The summed E-state index contributed by atoms with van der Waals surface area (Å²) in [5, 5.41) is 3.49. The van der Waals surface area contributed by atoms with Gasteiger partial charge < -0.3 is 10.2 Å². The number of benzene rings is 3. The number of sulfonamides is 1. The lowest BCUT2D eigenvalue weighted by Gasteiger charge is -2.32. The molecule has 7 nitrogen and oxygen atoms in total. The van der Waals surface area contributed by atoms with Gasteiger partial charge in [0.15, 0.2) is 0 Å². The molecular formula is C32H37ClF3N3O4S. The fourth-order valence-corrected chi connectivity index (χ4v) is 5.71. The molecule has 2 atom stereocenters. The minimum atomic E-state index is -4.65. The molecule has 0 aliphatic carbocycles. The standard InChI is InChI=1S/C32H37ClF3N3O4S/c1-4-23(2)37-31(41)29(20-24-10-6-5-7-11-24)38(22-25-15-17-27(33)18-16-25)30(40)14-9-19-39(44(3,42)43)28-13-8-12-26(21-28)32(34,35)36/h5-8,10-13,15-18,21,23,29H,4,9,14,19-20,22H2,1-3H3,(H,37,41)/t23-,29-/m0/s1. The largest absolute Gasteiger partial charge is 0.416 e. The molecule has 1 N–H and O–H groups in total. The smallest absolute Gasteiger partial charge is 0.352 e. The average molecular weight is 652 g/mol. The summed E-state index contributed by atoms with van der Waals surface area (Å²) in [5.74, 6) is -0.732. The van der Waals surface area contributed by atoms with Crippen LogP contribution in [-0.4, -0.2) is 50.0 Å². The maximum atomic E-state index is 13.9. The Kier molecular flexibility index (Phi) is 12.2. The van der Waals surface area contributed by atoms with E-state index in [1.165, 1.54) is 11.0 Å². The first-order valence-corrected chi connectivity index (χ1v) is 16.4. The number of hydrogen-bond donors (Lipinski definition) is 1. The summed E-state index contributed by atoms with van der Waals surface area (Å²) in [6.07, 6.45) is -2.98. The highest BCUT2D eigenvalue weighted by atomic mass is 35.5. The van der Waals surface area contributed by atoms with Crippen LogP contribution in [0.4, 0.5) is 18.9 Å².